The van der Waals surface area contributed by atoms with Crippen molar-refractivity contribution in [2.75, 3.05) is 11.9 Å². The maximum atomic E-state index is 5.85. The Balaban J connectivity index is 1.54. The normalized spacial score (nSPS) is 20.7. The first-order valence-electron chi connectivity index (χ1n) is 7.17. The zero-order valence-electron chi connectivity index (χ0n) is 11.9. The summed E-state index contributed by atoms with van der Waals surface area (Å²) in [5.74, 6) is 4.15. The molecule has 0 aromatic carbocycles. The standard InChI is InChI=1S/C16H20N2O2/c1-3-19-16-7-4-12(9-18-16)17-10-13-5-6-15(20-13)14-8-11(14)2/h4-7,9,11,14,17H,3,8,10H2,1-2H3. The summed E-state index contributed by atoms with van der Waals surface area (Å²) in [4.78, 5) is 4.22. The minimum Gasteiger partial charge on any atom is -0.478 e. The van der Waals surface area contributed by atoms with E-state index in [0.29, 0.717) is 24.9 Å². The predicted molar refractivity (Wildman–Crippen MR) is 78.0 cm³/mol. The lowest BCUT2D eigenvalue weighted by atomic mass is 10.3. The van der Waals surface area contributed by atoms with Gasteiger partial charge in [-0.3, -0.25) is 0 Å². The molecule has 1 N–H and O–H groups in total. The number of nitrogens with one attached hydrogen (secondary N) is 1. The molecule has 0 bridgehead atoms. The van der Waals surface area contributed by atoms with Crippen LogP contribution in [0.4, 0.5) is 5.69 Å². The lowest BCUT2D eigenvalue weighted by Crippen LogP contribution is -1.99. The number of ether oxygens (including phenoxy) is 1. The Labute approximate surface area is 119 Å². The van der Waals surface area contributed by atoms with E-state index in [2.05, 4.69) is 29.4 Å². The summed E-state index contributed by atoms with van der Waals surface area (Å²) in [5.41, 5.74) is 0.964. The fourth-order valence-electron chi connectivity index (χ4n) is 2.31. The van der Waals surface area contributed by atoms with Crippen LogP contribution in [0.2, 0.25) is 0 Å². The number of anilines is 1. The Morgan fingerprint density at radius 1 is 1.35 bits per heavy atom. The van der Waals surface area contributed by atoms with Gasteiger partial charge in [-0.15, -0.1) is 0 Å². The van der Waals surface area contributed by atoms with Crippen LogP contribution in [0.1, 0.15) is 37.7 Å². The molecule has 4 heteroatoms. The second kappa shape index (κ2) is 5.57. The van der Waals surface area contributed by atoms with E-state index in [1.54, 1.807) is 6.20 Å². The Bertz CT molecular complexity index is 562. The van der Waals surface area contributed by atoms with E-state index in [1.165, 1.54) is 6.42 Å². The molecule has 0 amide bonds. The first kappa shape index (κ1) is 13.0. The number of pyridine rings is 1. The van der Waals surface area contributed by atoms with E-state index >= 15 is 0 Å². The molecule has 2 aromatic rings. The van der Waals surface area contributed by atoms with Gasteiger partial charge >= 0.3 is 0 Å². The highest BCUT2D eigenvalue weighted by molar-refractivity contribution is 5.42. The summed E-state index contributed by atoms with van der Waals surface area (Å²) in [6, 6.07) is 7.98. The van der Waals surface area contributed by atoms with Gasteiger partial charge in [0.25, 0.3) is 0 Å². The average molecular weight is 272 g/mol. The molecule has 0 radical (unpaired) electrons. The molecule has 1 fully saturated rings. The van der Waals surface area contributed by atoms with Gasteiger partial charge in [-0.1, -0.05) is 6.92 Å². The van der Waals surface area contributed by atoms with Crippen LogP contribution in [-0.2, 0) is 6.54 Å². The number of hydrogen-bond acceptors (Lipinski definition) is 4. The maximum absolute atomic E-state index is 5.85. The minimum absolute atomic E-state index is 0.633. The molecule has 1 aliphatic carbocycles. The summed E-state index contributed by atoms with van der Waals surface area (Å²) < 4.78 is 11.2. The Morgan fingerprint density at radius 2 is 2.20 bits per heavy atom. The van der Waals surface area contributed by atoms with Gasteiger partial charge < -0.3 is 14.5 Å². The van der Waals surface area contributed by atoms with Crippen LogP contribution in [0, 0.1) is 5.92 Å². The van der Waals surface area contributed by atoms with E-state index in [0.717, 1.165) is 23.1 Å². The third-order valence-electron chi connectivity index (χ3n) is 3.65. The highest BCUT2D eigenvalue weighted by Crippen LogP contribution is 2.47. The monoisotopic (exact) mass is 272 g/mol. The largest absolute Gasteiger partial charge is 0.478 e. The summed E-state index contributed by atoms with van der Waals surface area (Å²) in [6.45, 7) is 5.52. The van der Waals surface area contributed by atoms with Gasteiger partial charge in [0.1, 0.15) is 11.5 Å². The molecule has 1 aliphatic rings. The Hall–Kier alpha value is -1.97. The van der Waals surface area contributed by atoms with Crippen LogP contribution in [0.5, 0.6) is 5.88 Å². The van der Waals surface area contributed by atoms with Crippen LogP contribution in [0.25, 0.3) is 0 Å². The van der Waals surface area contributed by atoms with Crippen molar-refractivity contribution < 1.29 is 9.15 Å². The molecular formula is C16H20N2O2. The number of furan rings is 1. The highest BCUT2D eigenvalue weighted by Gasteiger charge is 2.36. The van der Waals surface area contributed by atoms with Crippen molar-refractivity contribution in [3.63, 3.8) is 0 Å². The van der Waals surface area contributed by atoms with Crippen LogP contribution >= 0.6 is 0 Å². The maximum Gasteiger partial charge on any atom is 0.213 e. The van der Waals surface area contributed by atoms with E-state index in [9.17, 15) is 0 Å². The zero-order chi connectivity index (χ0) is 13.9. The summed E-state index contributed by atoms with van der Waals surface area (Å²) in [7, 11) is 0. The Morgan fingerprint density at radius 3 is 2.85 bits per heavy atom. The average Bonchev–Trinajstić information content (AvgIpc) is 3.01. The minimum atomic E-state index is 0.633. The number of rotatable bonds is 6. The SMILES string of the molecule is CCOc1ccc(NCc2ccc(C3CC3C)o2)cn1. The molecule has 2 atom stereocenters. The molecule has 0 spiro atoms. The zero-order valence-corrected chi connectivity index (χ0v) is 11.9. The highest BCUT2D eigenvalue weighted by atomic mass is 16.5. The molecule has 1 saturated carbocycles. The third kappa shape index (κ3) is 2.95. The first-order valence-corrected chi connectivity index (χ1v) is 7.17. The molecule has 106 valence electrons. The summed E-state index contributed by atoms with van der Waals surface area (Å²) >= 11 is 0. The van der Waals surface area contributed by atoms with Crippen molar-refractivity contribution >= 4 is 5.69 Å². The second-order valence-electron chi connectivity index (χ2n) is 5.30. The van der Waals surface area contributed by atoms with Crippen molar-refractivity contribution in [3.05, 3.63) is 42.0 Å². The third-order valence-corrected chi connectivity index (χ3v) is 3.65. The lowest BCUT2D eigenvalue weighted by molar-refractivity contribution is 0.327. The first-order chi connectivity index (χ1) is 9.76. The van der Waals surface area contributed by atoms with Gasteiger partial charge in [-0.2, -0.15) is 0 Å². The van der Waals surface area contributed by atoms with Crippen molar-refractivity contribution in [2.45, 2.75) is 32.7 Å². The van der Waals surface area contributed by atoms with Gasteiger partial charge in [0.05, 0.1) is 25.0 Å². The van der Waals surface area contributed by atoms with E-state index in [1.807, 2.05) is 19.1 Å². The fourth-order valence-corrected chi connectivity index (χ4v) is 2.31. The molecule has 2 unspecified atom stereocenters. The van der Waals surface area contributed by atoms with Gasteiger partial charge in [0.2, 0.25) is 5.88 Å². The molecular weight excluding hydrogens is 252 g/mol. The van der Waals surface area contributed by atoms with Crippen molar-refractivity contribution in [2.24, 2.45) is 5.92 Å². The predicted octanol–water partition coefficient (Wildman–Crippen LogP) is 3.81. The molecule has 4 nitrogen and oxygen atoms in total. The van der Waals surface area contributed by atoms with Crippen molar-refractivity contribution in [1.82, 2.24) is 4.98 Å². The van der Waals surface area contributed by atoms with Gasteiger partial charge in [-0.25, -0.2) is 4.98 Å². The summed E-state index contributed by atoms with van der Waals surface area (Å²) in [5, 5.41) is 3.30. The van der Waals surface area contributed by atoms with E-state index in [-0.39, 0.29) is 0 Å². The molecule has 2 heterocycles. The van der Waals surface area contributed by atoms with Crippen LogP contribution in [-0.4, -0.2) is 11.6 Å². The molecule has 0 aliphatic heterocycles. The fraction of sp³-hybridized carbons (Fsp3) is 0.438. The van der Waals surface area contributed by atoms with Gasteiger partial charge in [0, 0.05) is 12.0 Å². The van der Waals surface area contributed by atoms with Crippen molar-refractivity contribution in [1.29, 1.82) is 0 Å². The van der Waals surface area contributed by atoms with Crippen molar-refractivity contribution in [3.8, 4) is 5.88 Å². The number of hydrogen-bond donors (Lipinski definition) is 1. The smallest absolute Gasteiger partial charge is 0.213 e. The molecule has 3 rings (SSSR count). The topological polar surface area (TPSA) is 47.3 Å². The second-order valence-corrected chi connectivity index (χ2v) is 5.30. The van der Waals surface area contributed by atoms with E-state index < -0.39 is 0 Å². The molecule has 0 saturated heterocycles. The molecule has 2 aromatic heterocycles. The number of aromatic nitrogens is 1. The van der Waals surface area contributed by atoms with Gasteiger partial charge in [0.15, 0.2) is 0 Å². The quantitative estimate of drug-likeness (QED) is 0.868. The summed E-state index contributed by atoms with van der Waals surface area (Å²) in [6.07, 6.45) is 3.03. The van der Waals surface area contributed by atoms with E-state index in [4.69, 9.17) is 9.15 Å². The molecule has 20 heavy (non-hydrogen) atoms. The van der Waals surface area contributed by atoms with Crippen LogP contribution in [0.3, 0.4) is 0 Å². The number of nitrogens with zero attached hydrogens (tertiary/aromatic N) is 1. The lowest BCUT2D eigenvalue weighted by Gasteiger charge is -2.05. The Kier molecular flexibility index (Phi) is 3.63. The van der Waals surface area contributed by atoms with Crippen LogP contribution in [0.15, 0.2) is 34.9 Å². The van der Waals surface area contributed by atoms with Crippen LogP contribution < -0.4 is 10.1 Å². The van der Waals surface area contributed by atoms with Gasteiger partial charge in [-0.05, 0) is 37.5 Å².